The lowest BCUT2D eigenvalue weighted by Gasteiger charge is -2.08. The predicted molar refractivity (Wildman–Crippen MR) is 109 cm³/mol. The molecule has 0 radical (unpaired) electrons. The van der Waals surface area contributed by atoms with Crippen molar-refractivity contribution < 1.29 is 18.7 Å². The Bertz CT molecular complexity index is 901. The number of thiophene rings is 1. The number of furan rings is 1. The summed E-state index contributed by atoms with van der Waals surface area (Å²) in [6.07, 6.45) is 3.57. The molecule has 0 atom stereocenters. The maximum Gasteiger partial charge on any atom is 0.319 e. The van der Waals surface area contributed by atoms with Crippen molar-refractivity contribution in [2.24, 2.45) is 0 Å². The van der Waals surface area contributed by atoms with E-state index in [9.17, 15) is 9.59 Å². The highest BCUT2D eigenvalue weighted by Crippen LogP contribution is 2.20. The van der Waals surface area contributed by atoms with Crippen LogP contribution in [-0.4, -0.2) is 18.4 Å². The topological polar surface area (TPSA) is 80.6 Å². The van der Waals surface area contributed by atoms with E-state index in [4.69, 9.17) is 9.15 Å². The summed E-state index contributed by atoms with van der Waals surface area (Å²) in [5.41, 5.74) is 0.681. The van der Waals surface area contributed by atoms with Gasteiger partial charge in [0, 0.05) is 10.6 Å². The Morgan fingerprint density at radius 1 is 1.11 bits per heavy atom. The second-order valence-electron chi connectivity index (χ2n) is 6.11. The zero-order valence-electron chi connectivity index (χ0n) is 15.6. The number of carbonyl (C=O) groups is 2. The first kappa shape index (κ1) is 19.7. The summed E-state index contributed by atoms with van der Waals surface area (Å²) in [6, 6.07) is 13.8. The lowest BCUT2D eigenvalue weighted by Crippen LogP contribution is -2.27. The number of nitrogens with one attached hydrogen (secondary N) is 2. The molecule has 0 saturated heterocycles. The van der Waals surface area contributed by atoms with E-state index < -0.39 is 0 Å². The molecule has 0 aliphatic carbocycles. The number of urea groups is 1. The van der Waals surface area contributed by atoms with Crippen molar-refractivity contribution in [1.29, 1.82) is 0 Å². The van der Waals surface area contributed by atoms with Gasteiger partial charge in [0.1, 0.15) is 5.75 Å². The number of hydrogen-bond acceptors (Lipinski definition) is 5. The van der Waals surface area contributed by atoms with Crippen molar-refractivity contribution in [1.82, 2.24) is 5.32 Å². The van der Waals surface area contributed by atoms with E-state index in [2.05, 4.69) is 17.6 Å². The van der Waals surface area contributed by atoms with Crippen LogP contribution in [-0.2, 0) is 6.54 Å². The van der Waals surface area contributed by atoms with Crippen LogP contribution < -0.4 is 15.4 Å². The van der Waals surface area contributed by atoms with E-state index >= 15 is 0 Å². The second-order valence-corrected chi connectivity index (χ2v) is 7.27. The molecule has 3 rings (SSSR count). The largest absolute Gasteiger partial charge is 0.494 e. The highest BCUT2D eigenvalue weighted by Gasteiger charge is 2.14. The molecule has 3 aromatic rings. The van der Waals surface area contributed by atoms with Gasteiger partial charge in [-0.1, -0.05) is 13.3 Å². The van der Waals surface area contributed by atoms with Crippen molar-refractivity contribution in [3.8, 4) is 5.75 Å². The number of ether oxygens (including phenoxy) is 1. The van der Waals surface area contributed by atoms with Crippen LogP contribution in [0.1, 0.15) is 40.1 Å². The fourth-order valence-corrected chi connectivity index (χ4v) is 3.33. The Morgan fingerprint density at radius 3 is 2.64 bits per heavy atom. The number of amides is 2. The monoisotopic (exact) mass is 398 g/mol. The van der Waals surface area contributed by atoms with Crippen molar-refractivity contribution >= 4 is 28.8 Å². The number of rotatable bonds is 9. The number of hydrogen-bond donors (Lipinski definition) is 2. The standard InChI is InChI=1S/C21H22N2O4S/c1-2-3-12-26-16-8-6-15(7-9-16)23-21(25)22-14-17-10-11-19(28-17)20(24)18-5-4-13-27-18/h4-11,13H,2-3,12,14H2,1H3,(H2,22,23,25). The third-order valence-corrected chi connectivity index (χ3v) is 5.02. The van der Waals surface area contributed by atoms with Crippen LogP contribution in [0.25, 0.3) is 0 Å². The zero-order valence-corrected chi connectivity index (χ0v) is 16.4. The molecular weight excluding hydrogens is 376 g/mol. The third kappa shape index (κ3) is 5.47. The lowest BCUT2D eigenvalue weighted by molar-refractivity contribution is 0.101. The van der Waals surface area contributed by atoms with Gasteiger partial charge in [-0.2, -0.15) is 0 Å². The van der Waals surface area contributed by atoms with E-state index in [1.807, 2.05) is 18.2 Å². The smallest absolute Gasteiger partial charge is 0.319 e. The van der Waals surface area contributed by atoms with Gasteiger partial charge in [0.25, 0.3) is 0 Å². The highest BCUT2D eigenvalue weighted by atomic mass is 32.1. The van der Waals surface area contributed by atoms with Crippen LogP contribution >= 0.6 is 11.3 Å². The Balaban J connectivity index is 1.46. The molecule has 7 heteroatoms. The summed E-state index contributed by atoms with van der Waals surface area (Å²) in [6.45, 7) is 3.14. The van der Waals surface area contributed by atoms with Crippen molar-refractivity contribution in [3.05, 3.63) is 70.3 Å². The van der Waals surface area contributed by atoms with Crippen molar-refractivity contribution in [2.45, 2.75) is 26.3 Å². The third-order valence-electron chi connectivity index (χ3n) is 3.93. The second kappa shape index (κ2) is 9.75. The van der Waals surface area contributed by atoms with Crippen LogP contribution in [0, 0.1) is 0 Å². The van der Waals surface area contributed by atoms with Crippen molar-refractivity contribution in [2.75, 3.05) is 11.9 Å². The van der Waals surface area contributed by atoms with E-state index in [1.54, 1.807) is 30.3 Å². The Kier molecular flexibility index (Phi) is 6.86. The minimum absolute atomic E-state index is 0.160. The summed E-state index contributed by atoms with van der Waals surface area (Å²) < 4.78 is 10.7. The van der Waals surface area contributed by atoms with Crippen molar-refractivity contribution in [3.63, 3.8) is 0 Å². The first-order valence-electron chi connectivity index (χ1n) is 9.10. The predicted octanol–water partition coefficient (Wildman–Crippen LogP) is 5.07. The number of anilines is 1. The van der Waals surface area contributed by atoms with Gasteiger partial charge >= 0.3 is 6.03 Å². The van der Waals surface area contributed by atoms with E-state index in [0.29, 0.717) is 29.5 Å². The van der Waals surface area contributed by atoms with Gasteiger partial charge in [-0.05, 0) is 55.0 Å². The van der Waals surface area contributed by atoms with Crippen LogP contribution in [0.4, 0.5) is 10.5 Å². The molecule has 0 aliphatic rings. The van der Waals surface area contributed by atoms with Crippen LogP contribution in [0.15, 0.2) is 59.2 Å². The summed E-state index contributed by atoms with van der Waals surface area (Å²) in [4.78, 5) is 25.7. The molecule has 0 unspecified atom stereocenters. The number of unbranched alkanes of at least 4 members (excludes halogenated alkanes) is 1. The molecule has 2 heterocycles. The Hall–Kier alpha value is -3.06. The maximum absolute atomic E-state index is 12.2. The van der Waals surface area contributed by atoms with Crippen LogP contribution in [0.3, 0.4) is 0 Å². The van der Waals surface area contributed by atoms with Gasteiger partial charge in [-0.15, -0.1) is 11.3 Å². The molecule has 2 amide bonds. The first-order chi connectivity index (χ1) is 13.7. The molecule has 28 heavy (non-hydrogen) atoms. The molecule has 0 saturated carbocycles. The SMILES string of the molecule is CCCCOc1ccc(NC(=O)NCc2ccc(C(=O)c3ccco3)s2)cc1. The van der Waals surface area contributed by atoms with Gasteiger partial charge in [0.2, 0.25) is 5.78 Å². The minimum Gasteiger partial charge on any atom is -0.494 e. The van der Waals surface area contributed by atoms with Gasteiger partial charge in [0.05, 0.1) is 24.3 Å². The van der Waals surface area contributed by atoms with E-state index in [0.717, 1.165) is 23.5 Å². The highest BCUT2D eigenvalue weighted by molar-refractivity contribution is 7.14. The maximum atomic E-state index is 12.2. The minimum atomic E-state index is -0.313. The number of carbonyl (C=O) groups excluding carboxylic acids is 2. The molecular formula is C21H22N2O4S. The fraction of sp³-hybridized carbons (Fsp3) is 0.238. The quantitative estimate of drug-likeness (QED) is 0.389. The zero-order chi connectivity index (χ0) is 19.8. The summed E-state index contributed by atoms with van der Waals surface area (Å²) in [7, 11) is 0. The molecule has 0 aliphatic heterocycles. The van der Waals surface area contributed by atoms with Crippen LogP contribution in [0.2, 0.25) is 0 Å². The average molecular weight is 398 g/mol. The molecule has 0 spiro atoms. The molecule has 146 valence electrons. The molecule has 0 bridgehead atoms. The Labute approximate surface area is 167 Å². The normalized spacial score (nSPS) is 10.5. The number of ketones is 1. The van der Waals surface area contributed by atoms with E-state index in [1.165, 1.54) is 17.6 Å². The average Bonchev–Trinajstić information content (AvgIpc) is 3.40. The molecule has 2 aromatic heterocycles. The van der Waals surface area contributed by atoms with Gasteiger partial charge in [-0.25, -0.2) is 4.79 Å². The summed E-state index contributed by atoms with van der Waals surface area (Å²) in [5.74, 6) is 0.930. The lowest BCUT2D eigenvalue weighted by atomic mass is 10.2. The number of benzene rings is 1. The van der Waals surface area contributed by atoms with Crippen LogP contribution in [0.5, 0.6) is 5.75 Å². The molecule has 0 fully saturated rings. The first-order valence-corrected chi connectivity index (χ1v) is 9.92. The molecule has 2 N–H and O–H groups in total. The summed E-state index contributed by atoms with van der Waals surface area (Å²) >= 11 is 1.33. The molecule has 1 aromatic carbocycles. The summed E-state index contributed by atoms with van der Waals surface area (Å²) in [5, 5.41) is 5.56. The Morgan fingerprint density at radius 2 is 1.93 bits per heavy atom. The van der Waals surface area contributed by atoms with E-state index in [-0.39, 0.29) is 11.8 Å². The van der Waals surface area contributed by atoms with Gasteiger partial charge < -0.3 is 19.8 Å². The fourth-order valence-electron chi connectivity index (χ4n) is 2.44. The van der Waals surface area contributed by atoms with Gasteiger partial charge in [0.15, 0.2) is 5.76 Å². The molecule has 6 nitrogen and oxygen atoms in total. The van der Waals surface area contributed by atoms with Gasteiger partial charge in [-0.3, -0.25) is 4.79 Å².